The molecule has 0 aromatic rings. The first-order valence-electron chi connectivity index (χ1n) is 5.73. The van der Waals surface area contributed by atoms with Crippen molar-refractivity contribution in [2.75, 3.05) is 19.6 Å². The number of hydrogen-bond acceptors (Lipinski definition) is 2. The van der Waals surface area contributed by atoms with Gasteiger partial charge in [0.1, 0.15) is 0 Å². The molecule has 2 nitrogen and oxygen atoms in total. The van der Waals surface area contributed by atoms with Gasteiger partial charge in [-0.1, -0.05) is 32.0 Å². The molecule has 0 atom stereocenters. The van der Waals surface area contributed by atoms with Crippen LogP contribution in [0.3, 0.4) is 0 Å². The molecule has 0 amide bonds. The summed E-state index contributed by atoms with van der Waals surface area (Å²) >= 11 is 4.96. The second kappa shape index (κ2) is 6.36. The Bertz CT molecular complexity index is 176. The number of nitrogens with zero attached hydrogens (tertiary/aromatic N) is 1. The third-order valence-electron chi connectivity index (χ3n) is 2.91. The summed E-state index contributed by atoms with van der Waals surface area (Å²) in [5, 5.41) is 0. The van der Waals surface area contributed by atoms with Gasteiger partial charge in [0.05, 0.1) is 4.99 Å². The monoisotopic (exact) mass is 214 g/mol. The van der Waals surface area contributed by atoms with Crippen molar-refractivity contribution >= 4 is 17.2 Å². The lowest BCUT2D eigenvalue weighted by atomic mass is 10.1. The molecule has 1 fully saturated rings. The Morgan fingerprint density at radius 3 is 2.57 bits per heavy atom. The van der Waals surface area contributed by atoms with Crippen molar-refractivity contribution in [1.29, 1.82) is 0 Å². The van der Waals surface area contributed by atoms with Crippen molar-refractivity contribution in [2.45, 2.75) is 39.0 Å². The van der Waals surface area contributed by atoms with Gasteiger partial charge in [-0.05, 0) is 31.7 Å². The molecule has 0 aliphatic heterocycles. The Morgan fingerprint density at radius 1 is 1.43 bits per heavy atom. The second-order valence-corrected chi connectivity index (χ2v) is 4.88. The molecule has 1 rings (SSSR count). The van der Waals surface area contributed by atoms with Gasteiger partial charge in [0.15, 0.2) is 0 Å². The summed E-state index contributed by atoms with van der Waals surface area (Å²) in [5.41, 5.74) is 5.59. The van der Waals surface area contributed by atoms with Gasteiger partial charge in [0.2, 0.25) is 0 Å². The second-order valence-electron chi connectivity index (χ2n) is 4.35. The van der Waals surface area contributed by atoms with Crippen molar-refractivity contribution in [3.8, 4) is 0 Å². The Balaban J connectivity index is 2.29. The molecule has 1 saturated carbocycles. The Morgan fingerprint density at radius 2 is 2.07 bits per heavy atom. The van der Waals surface area contributed by atoms with Crippen LogP contribution in [0.1, 0.15) is 39.0 Å². The van der Waals surface area contributed by atoms with Gasteiger partial charge >= 0.3 is 0 Å². The van der Waals surface area contributed by atoms with Gasteiger partial charge in [0, 0.05) is 13.1 Å². The summed E-state index contributed by atoms with van der Waals surface area (Å²) < 4.78 is 0. The molecular weight excluding hydrogens is 192 g/mol. The minimum atomic E-state index is 0.636. The third-order valence-corrected chi connectivity index (χ3v) is 3.04. The van der Waals surface area contributed by atoms with Gasteiger partial charge in [-0.3, -0.25) is 4.90 Å². The quantitative estimate of drug-likeness (QED) is 0.687. The van der Waals surface area contributed by atoms with Crippen LogP contribution < -0.4 is 5.73 Å². The van der Waals surface area contributed by atoms with E-state index in [-0.39, 0.29) is 0 Å². The van der Waals surface area contributed by atoms with Gasteiger partial charge in [-0.25, -0.2) is 0 Å². The van der Waals surface area contributed by atoms with Crippen LogP contribution in [-0.4, -0.2) is 29.5 Å². The number of hydrogen-bond donors (Lipinski definition) is 1. The van der Waals surface area contributed by atoms with Crippen LogP contribution in [0, 0.1) is 5.92 Å². The molecule has 1 aliphatic carbocycles. The van der Waals surface area contributed by atoms with Gasteiger partial charge in [0.25, 0.3) is 0 Å². The van der Waals surface area contributed by atoms with Crippen molar-refractivity contribution < 1.29 is 0 Å². The zero-order valence-electron chi connectivity index (χ0n) is 9.17. The van der Waals surface area contributed by atoms with Crippen molar-refractivity contribution in [1.82, 2.24) is 4.90 Å². The Kier molecular flexibility index (Phi) is 5.41. The predicted molar refractivity (Wildman–Crippen MR) is 65.5 cm³/mol. The zero-order valence-corrected chi connectivity index (χ0v) is 9.98. The van der Waals surface area contributed by atoms with Gasteiger partial charge < -0.3 is 5.73 Å². The highest BCUT2D eigenvalue weighted by Crippen LogP contribution is 2.25. The lowest BCUT2D eigenvalue weighted by Crippen LogP contribution is -2.36. The van der Waals surface area contributed by atoms with E-state index in [9.17, 15) is 0 Å². The van der Waals surface area contributed by atoms with Crippen molar-refractivity contribution in [3.63, 3.8) is 0 Å². The number of rotatable bonds is 6. The highest BCUT2D eigenvalue weighted by Gasteiger charge is 2.18. The number of nitrogens with two attached hydrogens (primary N) is 1. The van der Waals surface area contributed by atoms with Gasteiger partial charge in [-0.15, -0.1) is 0 Å². The average molecular weight is 214 g/mol. The van der Waals surface area contributed by atoms with Crippen LogP contribution in [0.25, 0.3) is 0 Å². The van der Waals surface area contributed by atoms with Crippen LogP contribution in [0.15, 0.2) is 0 Å². The first-order valence-corrected chi connectivity index (χ1v) is 6.14. The zero-order chi connectivity index (χ0) is 10.4. The van der Waals surface area contributed by atoms with E-state index >= 15 is 0 Å². The Hall–Kier alpha value is -0.150. The van der Waals surface area contributed by atoms with E-state index in [1.54, 1.807) is 0 Å². The third kappa shape index (κ3) is 4.38. The summed E-state index contributed by atoms with van der Waals surface area (Å²) in [6.07, 6.45) is 6.82. The summed E-state index contributed by atoms with van der Waals surface area (Å²) in [5.74, 6) is 0.899. The van der Waals surface area contributed by atoms with E-state index in [0.717, 1.165) is 19.0 Å². The molecule has 1 aliphatic rings. The molecule has 0 unspecified atom stereocenters. The maximum absolute atomic E-state index is 5.59. The highest BCUT2D eigenvalue weighted by atomic mass is 32.1. The standard InChI is InChI=1S/C11H22N2S/c1-2-7-13(9-11(12)14)8-10-5-3-4-6-10/h10H,2-9H2,1H3,(H2,12,14). The summed E-state index contributed by atoms with van der Waals surface area (Å²) in [7, 11) is 0. The summed E-state index contributed by atoms with van der Waals surface area (Å²) in [6.45, 7) is 5.35. The summed E-state index contributed by atoms with van der Waals surface area (Å²) in [4.78, 5) is 3.05. The van der Waals surface area contributed by atoms with Crippen LogP contribution in [0.4, 0.5) is 0 Å². The molecule has 0 aromatic carbocycles. The molecule has 2 N–H and O–H groups in total. The van der Waals surface area contributed by atoms with E-state index in [4.69, 9.17) is 18.0 Å². The molecule has 0 aromatic heterocycles. The fourth-order valence-electron chi connectivity index (χ4n) is 2.33. The van der Waals surface area contributed by atoms with Crippen LogP contribution in [0.5, 0.6) is 0 Å². The van der Waals surface area contributed by atoms with Crippen molar-refractivity contribution in [3.05, 3.63) is 0 Å². The molecule has 14 heavy (non-hydrogen) atoms. The first kappa shape index (κ1) is 11.9. The van der Waals surface area contributed by atoms with Gasteiger partial charge in [-0.2, -0.15) is 0 Å². The average Bonchev–Trinajstić information content (AvgIpc) is 2.56. The van der Waals surface area contributed by atoms with Crippen LogP contribution >= 0.6 is 12.2 Å². The Labute approximate surface area is 92.8 Å². The lowest BCUT2D eigenvalue weighted by molar-refractivity contribution is 0.261. The number of thiocarbonyl (C=S) groups is 1. The van der Waals surface area contributed by atoms with E-state index in [1.807, 2.05) is 0 Å². The summed E-state index contributed by atoms with van der Waals surface area (Å²) in [6, 6.07) is 0. The molecular formula is C11H22N2S. The van der Waals surface area contributed by atoms with Crippen molar-refractivity contribution in [2.24, 2.45) is 11.7 Å². The lowest BCUT2D eigenvalue weighted by Gasteiger charge is -2.24. The van der Waals surface area contributed by atoms with Crippen LogP contribution in [-0.2, 0) is 0 Å². The molecule has 82 valence electrons. The fraction of sp³-hybridized carbons (Fsp3) is 0.909. The first-order chi connectivity index (χ1) is 6.72. The molecule has 0 spiro atoms. The van der Waals surface area contributed by atoms with E-state index in [2.05, 4.69) is 11.8 Å². The minimum Gasteiger partial charge on any atom is -0.392 e. The fourth-order valence-corrected chi connectivity index (χ4v) is 2.51. The molecule has 3 heteroatoms. The topological polar surface area (TPSA) is 29.3 Å². The maximum atomic E-state index is 5.59. The van der Waals surface area contributed by atoms with E-state index < -0.39 is 0 Å². The minimum absolute atomic E-state index is 0.636. The molecule has 0 saturated heterocycles. The highest BCUT2D eigenvalue weighted by molar-refractivity contribution is 7.80. The van der Waals surface area contributed by atoms with E-state index in [0.29, 0.717) is 4.99 Å². The smallest absolute Gasteiger partial charge is 0.0870 e. The van der Waals surface area contributed by atoms with Crippen LogP contribution in [0.2, 0.25) is 0 Å². The predicted octanol–water partition coefficient (Wildman–Crippen LogP) is 2.17. The molecule has 0 heterocycles. The molecule has 0 bridgehead atoms. The maximum Gasteiger partial charge on any atom is 0.0870 e. The van der Waals surface area contributed by atoms with E-state index in [1.165, 1.54) is 38.6 Å². The molecule has 0 radical (unpaired) electrons. The normalized spacial score (nSPS) is 17.9. The SMILES string of the molecule is CCCN(CC(N)=S)CC1CCCC1. The largest absolute Gasteiger partial charge is 0.392 e.